The zero-order chi connectivity index (χ0) is 16.7. The maximum atomic E-state index is 10.6. The third-order valence-electron chi connectivity index (χ3n) is 5.96. The van der Waals surface area contributed by atoms with Crippen LogP contribution in [-0.2, 0) is 0 Å². The Morgan fingerprint density at radius 2 is 2.04 bits per heavy atom. The van der Waals surface area contributed by atoms with Crippen LogP contribution in [0.25, 0.3) is 10.9 Å². The molecule has 24 heavy (non-hydrogen) atoms. The van der Waals surface area contributed by atoms with Crippen molar-refractivity contribution in [3.8, 4) is 0 Å². The van der Waals surface area contributed by atoms with E-state index in [1.807, 2.05) is 0 Å². The molecule has 0 radical (unpaired) electrons. The first-order chi connectivity index (χ1) is 11.6. The lowest BCUT2D eigenvalue weighted by Gasteiger charge is -2.40. The normalized spacial score (nSPS) is 30.9. The van der Waals surface area contributed by atoms with Crippen LogP contribution in [0.3, 0.4) is 0 Å². The van der Waals surface area contributed by atoms with Crippen molar-refractivity contribution in [1.82, 2.24) is 9.97 Å². The van der Waals surface area contributed by atoms with Crippen LogP contribution < -0.4 is 4.90 Å². The lowest BCUT2D eigenvalue weighted by Crippen LogP contribution is -2.44. The van der Waals surface area contributed by atoms with Gasteiger partial charge in [0.15, 0.2) is 0 Å². The summed E-state index contributed by atoms with van der Waals surface area (Å²) in [6.45, 7) is 5.47. The zero-order valence-corrected chi connectivity index (χ0v) is 14.7. The van der Waals surface area contributed by atoms with Crippen LogP contribution >= 0.6 is 0 Å². The lowest BCUT2D eigenvalue weighted by molar-refractivity contribution is 0.0390. The molecular formula is C20H27N3O. The number of anilines is 1. The fraction of sp³-hybridized carbons (Fsp3) is 0.600. The number of hydrogen-bond donors (Lipinski definition) is 1. The first-order valence-corrected chi connectivity index (χ1v) is 9.29. The smallest absolute Gasteiger partial charge is 0.140 e. The molecule has 2 aliphatic rings. The average molecular weight is 325 g/mol. The Morgan fingerprint density at radius 3 is 2.92 bits per heavy atom. The predicted octanol–water partition coefficient (Wildman–Crippen LogP) is 3.70. The molecule has 1 saturated carbocycles. The van der Waals surface area contributed by atoms with Crippen molar-refractivity contribution < 1.29 is 5.11 Å². The molecule has 1 saturated heterocycles. The quantitative estimate of drug-likeness (QED) is 0.914. The Morgan fingerprint density at radius 1 is 1.17 bits per heavy atom. The zero-order valence-electron chi connectivity index (χ0n) is 14.7. The minimum absolute atomic E-state index is 0.165. The van der Waals surface area contributed by atoms with Crippen LogP contribution in [0, 0.1) is 18.8 Å². The van der Waals surface area contributed by atoms with Gasteiger partial charge < -0.3 is 10.0 Å². The van der Waals surface area contributed by atoms with E-state index >= 15 is 0 Å². The molecule has 2 aromatic rings. The first-order valence-electron chi connectivity index (χ1n) is 9.29. The highest BCUT2D eigenvalue weighted by Gasteiger charge is 2.39. The topological polar surface area (TPSA) is 49.2 Å². The summed E-state index contributed by atoms with van der Waals surface area (Å²) in [7, 11) is 0. The highest BCUT2D eigenvalue weighted by Crippen LogP contribution is 2.39. The number of fused-ring (bicyclic) bond motifs is 1. The number of aliphatic hydroxyl groups excluding tert-OH is 1. The Balaban J connectivity index is 1.71. The molecule has 1 aromatic carbocycles. The molecule has 0 bridgehead atoms. The molecule has 4 rings (SSSR count). The van der Waals surface area contributed by atoms with Gasteiger partial charge in [-0.25, -0.2) is 9.97 Å². The summed E-state index contributed by atoms with van der Waals surface area (Å²) >= 11 is 0. The van der Waals surface area contributed by atoms with Crippen LogP contribution in [0.1, 0.15) is 44.6 Å². The van der Waals surface area contributed by atoms with Gasteiger partial charge in [0.25, 0.3) is 0 Å². The molecule has 4 nitrogen and oxygen atoms in total. The molecule has 2 heterocycles. The van der Waals surface area contributed by atoms with Gasteiger partial charge in [-0.1, -0.05) is 18.6 Å². The summed E-state index contributed by atoms with van der Waals surface area (Å²) in [6, 6.07) is 6.78. The molecule has 4 unspecified atom stereocenters. The van der Waals surface area contributed by atoms with Gasteiger partial charge in [0.1, 0.15) is 12.1 Å². The second kappa shape index (κ2) is 6.32. The van der Waals surface area contributed by atoms with E-state index in [1.165, 1.54) is 12.0 Å². The van der Waals surface area contributed by atoms with Crippen molar-refractivity contribution in [2.75, 3.05) is 11.4 Å². The van der Waals surface area contributed by atoms with Crippen LogP contribution in [0.4, 0.5) is 5.82 Å². The van der Waals surface area contributed by atoms with Crippen molar-refractivity contribution in [1.29, 1.82) is 0 Å². The second-order valence-corrected chi connectivity index (χ2v) is 7.77. The number of rotatable bonds is 2. The monoisotopic (exact) mass is 325 g/mol. The van der Waals surface area contributed by atoms with Crippen molar-refractivity contribution in [2.45, 2.75) is 58.1 Å². The number of aromatic nitrogens is 2. The van der Waals surface area contributed by atoms with Gasteiger partial charge in [0.05, 0.1) is 11.6 Å². The van der Waals surface area contributed by atoms with Gasteiger partial charge in [-0.05, 0) is 57.1 Å². The summed E-state index contributed by atoms with van der Waals surface area (Å²) in [5, 5.41) is 11.8. The van der Waals surface area contributed by atoms with E-state index in [0.717, 1.165) is 48.9 Å². The van der Waals surface area contributed by atoms with Crippen LogP contribution in [0.2, 0.25) is 0 Å². The van der Waals surface area contributed by atoms with Crippen molar-refractivity contribution in [3.05, 3.63) is 30.1 Å². The Kier molecular flexibility index (Phi) is 4.17. The Bertz CT molecular complexity index is 732. The van der Waals surface area contributed by atoms with E-state index in [4.69, 9.17) is 0 Å². The van der Waals surface area contributed by atoms with Gasteiger partial charge in [-0.3, -0.25) is 0 Å². The molecular weight excluding hydrogens is 298 g/mol. The number of hydrogen-bond acceptors (Lipinski definition) is 4. The summed E-state index contributed by atoms with van der Waals surface area (Å²) in [5.41, 5.74) is 2.24. The van der Waals surface area contributed by atoms with Crippen LogP contribution in [0.15, 0.2) is 24.5 Å². The third kappa shape index (κ3) is 2.77. The molecule has 128 valence electrons. The maximum Gasteiger partial charge on any atom is 0.140 e. The standard InChI is InChI=1S/C20H27N3O/c1-13-5-7-17-15(10-13)20(22-12-21-17)23-9-3-4-18(23)16-11-14(2)6-8-19(16)24/h5,7,10,12,14,16,18-19,24H,3-4,6,8-9,11H2,1-2H3. The van der Waals surface area contributed by atoms with Crippen LogP contribution in [-0.4, -0.2) is 33.8 Å². The van der Waals surface area contributed by atoms with Gasteiger partial charge in [-0.2, -0.15) is 0 Å². The highest BCUT2D eigenvalue weighted by atomic mass is 16.3. The maximum absolute atomic E-state index is 10.6. The predicted molar refractivity (Wildman–Crippen MR) is 97.2 cm³/mol. The van der Waals surface area contributed by atoms with Crippen molar-refractivity contribution >= 4 is 16.7 Å². The van der Waals surface area contributed by atoms with E-state index in [9.17, 15) is 5.11 Å². The van der Waals surface area contributed by atoms with E-state index in [2.05, 4.69) is 46.9 Å². The van der Waals surface area contributed by atoms with Crippen molar-refractivity contribution in [2.24, 2.45) is 11.8 Å². The SMILES string of the molecule is Cc1ccc2ncnc(N3CCCC3C3CC(C)CCC3O)c2c1. The molecule has 0 spiro atoms. The minimum Gasteiger partial charge on any atom is -0.393 e. The van der Waals surface area contributed by atoms with Gasteiger partial charge in [0, 0.05) is 23.9 Å². The van der Waals surface area contributed by atoms with Crippen LogP contribution in [0.5, 0.6) is 0 Å². The number of nitrogens with zero attached hydrogens (tertiary/aromatic N) is 3. The molecule has 4 atom stereocenters. The summed E-state index contributed by atoms with van der Waals surface area (Å²) in [5.74, 6) is 2.13. The number of aliphatic hydroxyl groups is 1. The number of aryl methyl sites for hydroxylation is 1. The summed E-state index contributed by atoms with van der Waals surface area (Å²) in [6.07, 6.45) is 7.08. The molecule has 4 heteroatoms. The van der Waals surface area contributed by atoms with E-state index in [1.54, 1.807) is 6.33 Å². The average Bonchev–Trinajstić information content (AvgIpc) is 3.05. The fourth-order valence-electron chi connectivity index (χ4n) is 4.71. The first kappa shape index (κ1) is 15.8. The molecule has 1 aromatic heterocycles. The Hall–Kier alpha value is -1.68. The lowest BCUT2D eigenvalue weighted by atomic mass is 9.76. The molecule has 1 aliphatic carbocycles. The summed E-state index contributed by atoms with van der Waals surface area (Å²) < 4.78 is 0. The van der Waals surface area contributed by atoms with Gasteiger partial charge in [-0.15, -0.1) is 0 Å². The van der Waals surface area contributed by atoms with E-state index in [0.29, 0.717) is 17.9 Å². The highest BCUT2D eigenvalue weighted by molar-refractivity contribution is 5.90. The molecule has 2 fully saturated rings. The minimum atomic E-state index is -0.165. The second-order valence-electron chi connectivity index (χ2n) is 7.77. The molecule has 1 aliphatic heterocycles. The van der Waals surface area contributed by atoms with Gasteiger partial charge in [0.2, 0.25) is 0 Å². The van der Waals surface area contributed by atoms with Gasteiger partial charge >= 0.3 is 0 Å². The molecule has 1 N–H and O–H groups in total. The third-order valence-corrected chi connectivity index (χ3v) is 5.96. The Labute approximate surface area is 143 Å². The number of benzene rings is 1. The van der Waals surface area contributed by atoms with E-state index in [-0.39, 0.29) is 6.10 Å². The summed E-state index contributed by atoms with van der Waals surface area (Å²) in [4.78, 5) is 11.5. The van der Waals surface area contributed by atoms with Crippen molar-refractivity contribution in [3.63, 3.8) is 0 Å². The largest absolute Gasteiger partial charge is 0.393 e. The fourth-order valence-corrected chi connectivity index (χ4v) is 4.71. The van der Waals surface area contributed by atoms with E-state index < -0.39 is 0 Å². The molecule has 0 amide bonds.